The number of nitrogens with one attached hydrogen (secondary N) is 1. The largest absolute Gasteiger partial charge is 0.379 e. The number of carbonyl (C=O) groups is 1. The summed E-state index contributed by atoms with van der Waals surface area (Å²) in [7, 11) is 0. The molecule has 14 heavy (non-hydrogen) atoms. The summed E-state index contributed by atoms with van der Waals surface area (Å²) in [5, 5.41) is 2.98. The molecule has 3 N–H and O–H groups in total. The first-order valence-corrected chi connectivity index (χ1v) is 5.29. The summed E-state index contributed by atoms with van der Waals surface area (Å²) in [6.07, 6.45) is 3.10. The van der Waals surface area contributed by atoms with E-state index in [0.717, 1.165) is 0 Å². The first kappa shape index (κ1) is 9.93. The minimum absolute atomic E-state index is 0.0469. The van der Waals surface area contributed by atoms with Crippen molar-refractivity contribution in [2.45, 2.75) is 37.8 Å². The molecule has 2 atom stereocenters. The highest BCUT2D eigenvalue weighted by molar-refractivity contribution is 5.86. The molecule has 1 saturated carbocycles. The first-order valence-electron chi connectivity index (χ1n) is 5.29. The van der Waals surface area contributed by atoms with Crippen LogP contribution in [0.5, 0.6) is 0 Å². The van der Waals surface area contributed by atoms with E-state index in [1.54, 1.807) is 0 Å². The maximum atomic E-state index is 11.8. The van der Waals surface area contributed by atoms with Gasteiger partial charge < -0.3 is 15.8 Å². The van der Waals surface area contributed by atoms with Crippen molar-refractivity contribution in [2.75, 3.05) is 13.2 Å². The van der Waals surface area contributed by atoms with E-state index in [1.165, 1.54) is 12.8 Å². The molecule has 1 amide bonds. The van der Waals surface area contributed by atoms with Crippen molar-refractivity contribution >= 4 is 5.91 Å². The quantitative estimate of drug-likeness (QED) is 0.672. The smallest absolute Gasteiger partial charge is 0.242 e. The SMILES string of the molecule is CC(NC(=O)C1(N)CCOC1)C1CC1. The number of hydrogen-bond acceptors (Lipinski definition) is 3. The third-order valence-electron chi connectivity index (χ3n) is 3.19. The van der Waals surface area contributed by atoms with Gasteiger partial charge in [0.1, 0.15) is 5.54 Å². The third kappa shape index (κ3) is 1.91. The van der Waals surface area contributed by atoms with Crippen molar-refractivity contribution in [1.82, 2.24) is 5.32 Å². The second-order valence-corrected chi connectivity index (χ2v) is 4.56. The van der Waals surface area contributed by atoms with E-state index < -0.39 is 5.54 Å². The van der Waals surface area contributed by atoms with Gasteiger partial charge in [0.15, 0.2) is 0 Å². The fourth-order valence-corrected chi connectivity index (χ4v) is 1.82. The molecule has 0 radical (unpaired) electrons. The molecule has 1 aliphatic heterocycles. The van der Waals surface area contributed by atoms with E-state index in [1.807, 2.05) is 0 Å². The van der Waals surface area contributed by atoms with Crippen molar-refractivity contribution in [1.29, 1.82) is 0 Å². The van der Waals surface area contributed by atoms with Gasteiger partial charge >= 0.3 is 0 Å². The van der Waals surface area contributed by atoms with Gasteiger partial charge in [-0.1, -0.05) is 0 Å². The monoisotopic (exact) mass is 198 g/mol. The van der Waals surface area contributed by atoms with Crippen LogP contribution in [0.3, 0.4) is 0 Å². The molecule has 0 bridgehead atoms. The van der Waals surface area contributed by atoms with Gasteiger partial charge in [0.2, 0.25) is 5.91 Å². The van der Waals surface area contributed by atoms with Gasteiger partial charge in [-0.3, -0.25) is 4.79 Å². The van der Waals surface area contributed by atoms with E-state index in [9.17, 15) is 4.79 Å². The Morgan fingerprint density at radius 2 is 2.36 bits per heavy atom. The number of rotatable bonds is 3. The summed E-state index contributed by atoms with van der Waals surface area (Å²) >= 11 is 0. The fourth-order valence-electron chi connectivity index (χ4n) is 1.82. The molecule has 2 rings (SSSR count). The molecule has 1 heterocycles. The zero-order valence-corrected chi connectivity index (χ0v) is 8.58. The molecular formula is C10H18N2O2. The van der Waals surface area contributed by atoms with E-state index in [0.29, 0.717) is 25.6 Å². The van der Waals surface area contributed by atoms with Crippen LogP contribution in [0.1, 0.15) is 26.2 Å². The molecule has 0 spiro atoms. The summed E-state index contributed by atoms with van der Waals surface area (Å²) in [5.74, 6) is 0.624. The Morgan fingerprint density at radius 3 is 2.86 bits per heavy atom. The van der Waals surface area contributed by atoms with Crippen LogP contribution < -0.4 is 11.1 Å². The van der Waals surface area contributed by atoms with Crippen LogP contribution in [0.4, 0.5) is 0 Å². The molecule has 0 aromatic rings. The highest BCUT2D eigenvalue weighted by atomic mass is 16.5. The first-order chi connectivity index (χ1) is 6.62. The minimum Gasteiger partial charge on any atom is -0.379 e. The maximum absolute atomic E-state index is 11.8. The lowest BCUT2D eigenvalue weighted by Crippen LogP contribution is -2.56. The number of nitrogens with two attached hydrogens (primary N) is 1. The molecule has 1 saturated heterocycles. The van der Waals surface area contributed by atoms with Crippen molar-refractivity contribution < 1.29 is 9.53 Å². The molecule has 2 fully saturated rings. The average Bonchev–Trinajstić information content (AvgIpc) is 2.90. The molecule has 2 aliphatic rings. The van der Waals surface area contributed by atoms with Crippen LogP contribution in [-0.4, -0.2) is 30.7 Å². The van der Waals surface area contributed by atoms with Gasteiger partial charge in [-0.05, 0) is 32.1 Å². The third-order valence-corrected chi connectivity index (χ3v) is 3.19. The molecular weight excluding hydrogens is 180 g/mol. The van der Waals surface area contributed by atoms with Crippen molar-refractivity contribution in [3.8, 4) is 0 Å². The van der Waals surface area contributed by atoms with Gasteiger partial charge in [0.05, 0.1) is 6.61 Å². The highest BCUT2D eigenvalue weighted by Crippen LogP contribution is 2.32. The zero-order chi connectivity index (χ0) is 10.2. The van der Waals surface area contributed by atoms with E-state index >= 15 is 0 Å². The van der Waals surface area contributed by atoms with Gasteiger partial charge in [0.25, 0.3) is 0 Å². The average molecular weight is 198 g/mol. The number of hydrogen-bond donors (Lipinski definition) is 2. The van der Waals surface area contributed by atoms with Gasteiger partial charge in [-0.25, -0.2) is 0 Å². The molecule has 0 aromatic carbocycles. The fraction of sp³-hybridized carbons (Fsp3) is 0.900. The highest BCUT2D eigenvalue weighted by Gasteiger charge is 2.40. The Labute approximate surface area is 84.2 Å². The Balaban J connectivity index is 1.87. The Morgan fingerprint density at radius 1 is 1.64 bits per heavy atom. The Bertz CT molecular complexity index is 232. The lowest BCUT2D eigenvalue weighted by Gasteiger charge is -2.23. The van der Waals surface area contributed by atoms with Crippen molar-refractivity contribution in [2.24, 2.45) is 11.7 Å². The second kappa shape index (κ2) is 3.51. The normalized spacial score (nSPS) is 34.1. The van der Waals surface area contributed by atoms with Gasteiger partial charge in [-0.15, -0.1) is 0 Å². The molecule has 80 valence electrons. The summed E-state index contributed by atoms with van der Waals surface area (Å²) < 4.78 is 5.15. The summed E-state index contributed by atoms with van der Waals surface area (Å²) in [5.41, 5.74) is 5.16. The minimum atomic E-state index is -0.775. The van der Waals surface area contributed by atoms with E-state index in [2.05, 4.69) is 12.2 Å². The Hall–Kier alpha value is -0.610. The Kier molecular flexibility index (Phi) is 2.49. The van der Waals surface area contributed by atoms with Crippen molar-refractivity contribution in [3.05, 3.63) is 0 Å². The number of amides is 1. The van der Waals surface area contributed by atoms with E-state index in [-0.39, 0.29) is 11.9 Å². The number of carbonyl (C=O) groups excluding carboxylic acids is 1. The van der Waals surface area contributed by atoms with Crippen LogP contribution >= 0.6 is 0 Å². The predicted octanol–water partition coefficient (Wildman–Crippen LogP) is 0.0189. The molecule has 4 nitrogen and oxygen atoms in total. The molecule has 2 unspecified atom stereocenters. The predicted molar refractivity (Wildman–Crippen MR) is 52.7 cm³/mol. The maximum Gasteiger partial charge on any atom is 0.242 e. The van der Waals surface area contributed by atoms with E-state index in [4.69, 9.17) is 10.5 Å². The van der Waals surface area contributed by atoms with Crippen molar-refractivity contribution in [3.63, 3.8) is 0 Å². The summed E-state index contributed by atoms with van der Waals surface area (Å²) in [6, 6.07) is 0.267. The summed E-state index contributed by atoms with van der Waals surface area (Å²) in [6.45, 7) is 3.01. The van der Waals surface area contributed by atoms with Crippen LogP contribution in [0, 0.1) is 5.92 Å². The topological polar surface area (TPSA) is 64.4 Å². The zero-order valence-electron chi connectivity index (χ0n) is 8.58. The standard InChI is InChI=1S/C10H18N2O2/c1-7(8-2-3-8)12-9(13)10(11)4-5-14-6-10/h7-8H,2-6,11H2,1H3,(H,12,13). The van der Waals surface area contributed by atoms with Gasteiger partial charge in [-0.2, -0.15) is 0 Å². The lowest BCUT2D eigenvalue weighted by molar-refractivity contribution is -0.127. The van der Waals surface area contributed by atoms with Crippen LogP contribution in [-0.2, 0) is 9.53 Å². The molecule has 0 aromatic heterocycles. The van der Waals surface area contributed by atoms with Crippen LogP contribution in [0.2, 0.25) is 0 Å². The second-order valence-electron chi connectivity index (χ2n) is 4.56. The lowest BCUT2D eigenvalue weighted by atomic mass is 9.98. The number of ether oxygens (including phenoxy) is 1. The summed E-state index contributed by atoms with van der Waals surface area (Å²) in [4.78, 5) is 11.8. The van der Waals surface area contributed by atoms with Gasteiger partial charge in [0, 0.05) is 12.6 Å². The molecule has 4 heteroatoms. The van der Waals surface area contributed by atoms with Crippen LogP contribution in [0.15, 0.2) is 0 Å². The molecule has 1 aliphatic carbocycles. The van der Waals surface area contributed by atoms with Crippen LogP contribution in [0.25, 0.3) is 0 Å².